The molecule has 0 radical (unpaired) electrons. The van der Waals surface area contributed by atoms with Crippen LogP contribution in [0.1, 0.15) is 31.7 Å². The van der Waals surface area contributed by atoms with Crippen LogP contribution < -0.4 is 5.32 Å². The standard InChI is InChI=1S/C14H18BrN3S2/c1-3-7-16-9-10-5-6-11(8-12(10)15)19-14-17-13(4-2)18-20-14/h5-6,8,16H,3-4,7,9H2,1-2H3. The first-order valence-electron chi connectivity index (χ1n) is 6.72. The van der Waals surface area contributed by atoms with Gasteiger partial charge in [-0.2, -0.15) is 4.37 Å². The summed E-state index contributed by atoms with van der Waals surface area (Å²) in [6.45, 7) is 6.20. The molecule has 0 saturated carbocycles. The average molecular weight is 372 g/mol. The van der Waals surface area contributed by atoms with E-state index in [0.717, 1.165) is 40.6 Å². The monoisotopic (exact) mass is 371 g/mol. The van der Waals surface area contributed by atoms with Gasteiger partial charge in [0.15, 0.2) is 4.34 Å². The van der Waals surface area contributed by atoms with Crippen LogP contribution in [0.4, 0.5) is 0 Å². The topological polar surface area (TPSA) is 37.8 Å². The Morgan fingerprint density at radius 2 is 2.20 bits per heavy atom. The summed E-state index contributed by atoms with van der Waals surface area (Å²) in [6, 6.07) is 6.46. The second-order valence-electron chi connectivity index (χ2n) is 4.36. The van der Waals surface area contributed by atoms with Crippen molar-refractivity contribution in [3.63, 3.8) is 0 Å². The van der Waals surface area contributed by atoms with Crippen LogP contribution in [0.3, 0.4) is 0 Å². The molecule has 20 heavy (non-hydrogen) atoms. The lowest BCUT2D eigenvalue weighted by Gasteiger charge is -2.07. The largest absolute Gasteiger partial charge is 0.313 e. The van der Waals surface area contributed by atoms with Crippen molar-refractivity contribution in [1.29, 1.82) is 0 Å². The number of aromatic nitrogens is 2. The second-order valence-corrected chi connectivity index (χ2v) is 7.29. The molecule has 0 aliphatic heterocycles. The van der Waals surface area contributed by atoms with Gasteiger partial charge in [0.05, 0.1) is 0 Å². The molecule has 0 aliphatic carbocycles. The van der Waals surface area contributed by atoms with Gasteiger partial charge >= 0.3 is 0 Å². The van der Waals surface area contributed by atoms with Gasteiger partial charge in [0, 0.05) is 22.3 Å². The summed E-state index contributed by atoms with van der Waals surface area (Å²) in [5, 5.41) is 3.42. The second kappa shape index (κ2) is 8.12. The first-order valence-corrected chi connectivity index (χ1v) is 9.10. The van der Waals surface area contributed by atoms with E-state index in [1.165, 1.54) is 22.0 Å². The van der Waals surface area contributed by atoms with Crippen molar-refractivity contribution in [3.05, 3.63) is 34.1 Å². The van der Waals surface area contributed by atoms with E-state index in [-0.39, 0.29) is 0 Å². The van der Waals surface area contributed by atoms with Crippen molar-refractivity contribution in [1.82, 2.24) is 14.7 Å². The van der Waals surface area contributed by atoms with Crippen molar-refractivity contribution in [2.45, 2.75) is 42.5 Å². The molecule has 2 rings (SSSR count). The lowest BCUT2D eigenvalue weighted by atomic mass is 10.2. The predicted octanol–water partition coefficient (Wildman–Crippen LogP) is 4.51. The molecule has 6 heteroatoms. The third-order valence-electron chi connectivity index (χ3n) is 2.74. The van der Waals surface area contributed by atoms with E-state index in [1.54, 1.807) is 11.8 Å². The number of hydrogen-bond acceptors (Lipinski definition) is 5. The number of rotatable bonds is 7. The maximum Gasteiger partial charge on any atom is 0.174 e. The number of benzene rings is 1. The Morgan fingerprint density at radius 3 is 2.85 bits per heavy atom. The molecule has 1 N–H and O–H groups in total. The van der Waals surface area contributed by atoms with Crippen molar-refractivity contribution >= 4 is 39.2 Å². The predicted molar refractivity (Wildman–Crippen MR) is 89.5 cm³/mol. The minimum Gasteiger partial charge on any atom is -0.313 e. The molecule has 0 spiro atoms. The van der Waals surface area contributed by atoms with Crippen molar-refractivity contribution < 1.29 is 0 Å². The average Bonchev–Trinajstić information content (AvgIpc) is 2.89. The van der Waals surface area contributed by atoms with Crippen LogP contribution in [0.2, 0.25) is 0 Å². The van der Waals surface area contributed by atoms with Crippen molar-refractivity contribution in [2.24, 2.45) is 0 Å². The highest BCUT2D eigenvalue weighted by Crippen LogP contribution is 2.32. The number of halogens is 1. The molecule has 1 aromatic heterocycles. The highest BCUT2D eigenvalue weighted by Gasteiger charge is 2.07. The van der Waals surface area contributed by atoms with Gasteiger partial charge in [0.2, 0.25) is 0 Å². The van der Waals surface area contributed by atoms with Gasteiger partial charge in [0.25, 0.3) is 0 Å². The minimum atomic E-state index is 0.892. The number of hydrogen-bond donors (Lipinski definition) is 1. The number of aryl methyl sites for hydroxylation is 1. The Hall–Kier alpha value is -0.430. The number of nitrogens with one attached hydrogen (secondary N) is 1. The Bertz CT molecular complexity index is 557. The molecular formula is C14H18BrN3S2. The minimum absolute atomic E-state index is 0.892. The Kier molecular flexibility index (Phi) is 6.48. The molecule has 0 saturated heterocycles. The van der Waals surface area contributed by atoms with E-state index < -0.39 is 0 Å². The van der Waals surface area contributed by atoms with Gasteiger partial charge < -0.3 is 5.32 Å². The van der Waals surface area contributed by atoms with Crippen LogP contribution in [0.25, 0.3) is 0 Å². The van der Waals surface area contributed by atoms with Crippen LogP contribution in [0.5, 0.6) is 0 Å². The van der Waals surface area contributed by atoms with Gasteiger partial charge in [-0.15, -0.1) is 0 Å². The molecule has 1 heterocycles. The highest BCUT2D eigenvalue weighted by atomic mass is 79.9. The van der Waals surface area contributed by atoms with Crippen LogP contribution in [0, 0.1) is 0 Å². The van der Waals surface area contributed by atoms with Crippen LogP contribution in [-0.4, -0.2) is 15.9 Å². The highest BCUT2D eigenvalue weighted by molar-refractivity contribution is 9.10. The molecule has 0 fully saturated rings. The van der Waals surface area contributed by atoms with Gasteiger partial charge in [-0.25, -0.2) is 4.98 Å². The van der Waals surface area contributed by atoms with E-state index >= 15 is 0 Å². The molecular weight excluding hydrogens is 354 g/mol. The Labute approximate surface area is 136 Å². The SMILES string of the molecule is CCCNCc1ccc(Sc2nc(CC)ns2)cc1Br. The molecule has 0 aliphatic rings. The lowest BCUT2D eigenvalue weighted by Crippen LogP contribution is -2.14. The zero-order chi connectivity index (χ0) is 14.4. The summed E-state index contributed by atoms with van der Waals surface area (Å²) in [5.74, 6) is 0.928. The summed E-state index contributed by atoms with van der Waals surface area (Å²) in [6.07, 6.45) is 2.05. The molecule has 0 atom stereocenters. The fourth-order valence-corrected chi connectivity index (χ4v) is 4.04. The molecule has 108 valence electrons. The molecule has 2 aromatic rings. The maximum absolute atomic E-state index is 4.48. The molecule has 0 bridgehead atoms. The van der Waals surface area contributed by atoms with Crippen LogP contribution >= 0.6 is 39.2 Å². The molecule has 1 aromatic carbocycles. The lowest BCUT2D eigenvalue weighted by molar-refractivity contribution is 0.673. The smallest absolute Gasteiger partial charge is 0.174 e. The van der Waals surface area contributed by atoms with Crippen LogP contribution in [-0.2, 0) is 13.0 Å². The fraction of sp³-hybridized carbons (Fsp3) is 0.429. The van der Waals surface area contributed by atoms with Gasteiger partial charge in [-0.1, -0.05) is 47.6 Å². The van der Waals surface area contributed by atoms with Gasteiger partial charge in [-0.05, 0) is 42.2 Å². The Morgan fingerprint density at radius 1 is 1.35 bits per heavy atom. The quantitative estimate of drug-likeness (QED) is 0.726. The maximum atomic E-state index is 4.48. The van der Waals surface area contributed by atoms with E-state index in [4.69, 9.17) is 0 Å². The summed E-state index contributed by atoms with van der Waals surface area (Å²) >= 11 is 6.79. The van der Waals surface area contributed by atoms with E-state index in [2.05, 4.69) is 62.7 Å². The normalized spacial score (nSPS) is 10.9. The van der Waals surface area contributed by atoms with Crippen LogP contribution in [0.15, 0.2) is 31.9 Å². The molecule has 0 amide bonds. The van der Waals surface area contributed by atoms with E-state index in [9.17, 15) is 0 Å². The third-order valence-corrected chi connectivity index (χ3v) is 5.25. The number of nitrogens with zero attached hydrogens (tertiary/aromatic N) is 2. The van der Waals surface area contributed by atoms with Crippen molar-refractivity contribution in [3.8, 4) is 0 Å². The summed E-state index contributed by atoms with van der Waals surface area (Å²) in [5.41, 5.74) is 1.29. The van der Waals surface area contributed by atoms with Crippen molar-refractivity contribution in [2.75, 3.05) is 6.54 Å². The Balaban J connectivity index is 2.01. The van der Waals surface area contributed by atoms with Gasteiger partial charge in [-0.3, -0.25) is 0 Å². The molecule has 3 nitrogen and oxygen atoms in total. The summed E-state index contributed by atoms with van der Waals surface area (Å²) in [4.78, 5) is 5.67. The first-order chi connectivity index (χ1) is 9.72. The van der Waals surface area contributed by atoms with Gasteiger partial charge in [0.1, 0.15) is 5.82 Å². The zero-order valence-electron chi connectivity index (χ0n) is 11.6. The summed E-state index contributed by atoms with van der Waals surface area (Å²) in [7, 11) is 0. The zero-order valence-corrected chi connectivity index (χ0v) is 14.9. The summed E-state index contributed by atoms with van der Waals surface area (Å²) < 4.78 is 6.46. The van der Waals surface area contributed by atoms with E-state index in [0.29, 0.717) is 0 Å². The molecule has 0 unspecified atom stereocenters. The first kappa shape index (κ1) is 15.9. The van der Waals surface area contributed by atoms with E-state index in [1.807, 2.05) is 0 Å². The third kappa shape index (κ3) is 4.55. The fourth-order valence-electron chi connectivity index (χ4n) is 1.66.